The van der Waals surface area contributed by atoms with Crippen LogP contribution < -0.4 is 5.43 Å². The van der Waals surface area contributed by atoms with Gasteiger partial charge in [0.05, 0.1) is 5.71 Å². The van der Waals surface area contributed by atoms with Crippen LogP contribution in [0.3, 0.4) is 0 Å². The molecule has 25 heavy (non-hydrogen) atoms. The number of hydrogen-bond donors (Lipinski definition) is 2. The van der Waals surface area contributed by atoms with E-state index in [1.165, 1.54) is 12.4 Å². The number of rotatable bonds is 3. The van der Waals surface area contributed by atoms with E-state index >= 15 is 0 Å². The van der Waals surface area contributed by atoms with Gasteiger partial charge in [-0.15, -0.1) is 0 Å². The van der Waals surface area contributed by atoms with E-state index in [9.17, 15) is 5.11 Å². The van der Waals surface area contributed by atoms with Crippen molar-refractivity contribution in [1.82, 2.24) is 9.97 Å². The summed E-state index contributed by atoms with van der Waals surface area (Å²) in [7, 11) is 0. The fraction of sp³-hybridized carbons (Fsp3) is 0.0556. The molecule has 2 N–H and O–H groups in total. The molecular formula is C18H13ClN4O2. The second kappa shape index (κ2) is 6.07. The summed E-state index contributed by atoms with van der Waals surface area (Å²) in [5.41, 5.74) is 5.95. The fourth-order valence-electron chi connectivity index (χ4n) is 2.60. The Hall–Kier alpha value is -3.12. The quantitative estimate of drug-likeness (QED) is 0.417. The van der Waals surface area contributed by atoms with Crippen LogP contribution in [0.1, 0.15) is 12.5 Å². The Labute approximate surface area is 147 Å². The maximum absolute atomic E-state index is 9.96. The van der Waals surface area contributed by atoms with E-state index in [-0.39, 0.29) is 5.75 Å². The van der Waals surface area contributed by atoms with Gasteiger partial charge in [0.15, 0.2) is 11.4 Å². The van der Waals surface area contributed by atoms with E-state index in [2.05, 4.69) is 20.5 Å². The molecule has 0 radical (unpaired) electrons. The average molecular weight is 353 g/mol. The molecule has 2 heterocycles. The second-order valence-corrected chi connectivity index (χ2v) is 5.91. The lowest BCUT2D eigenvalue weighted by Gasteiger charge is -2.06. The molecular weight excluding hydrogens is 340 g/mol. The van der Waals surface area contributed by atoms with Crippen molar-refractivity contribution in [1.29, 1.82) is 0 Å². The normalized spacial score (nSPS) is 12.0. The Morgan fingerprint density at radius 3 is 2.92 bits per heavy atom. The van der Waals surface area contributed by atoms with E-state index in [0.29, 0.717) is 33.2 Å². The lowest BCUT2D eigenvalue weighted by molar-refractivity contribution is 0.474. The number of aromatic hydroxyl groups is 1. The molecule has 0 atom stereocenters. The van der Waals surface area contributed by atoms with Gasteiger partial charge in [0.25, 0.3) is 0 Å². The second-order valence-electron chi connectivity index (χ2n) is 5.47. The average Bonchev–Trinajstić information content (AvgIpc) is 3.01. The lowest BCUT2D eigenvalue weighted by atomic mass is 10.1. The number of anilines is 1. The standard InChI is InChI=1S/C18H13ClN4O2/c1-10(13-8-11(19)6-7-14(13)24)22-23-18-17-16(20-9-21-18)12-4-2-3-5-15(12)25-17/h2-9,24H,1H3,(H,20,21,23)/b22-10+. The molecule has 2 aromatic heterocycles. The molecule has 0 fully saturated rings. The van der Waals surface area contributed by atoms with E-state index < -0.39 is 0 Å². The highest BCUT2D eigenvalue weighted by Crippen LogP contribution is 2.30. The number of hydrazone groups is 1. The van der Waals surface area contributed by atoms with Crippen LogP contribution in [0.25, 0.3) is 22.1 Å². The number of halogens is 1. The van der Waals surface area contributed by atoms with Crippen molar-refractivity contribution in [3.05, 3.63) is 59.4 Å². The first-order valence-electron chi connectivity index (χ1n) is 7.55. The molecule has 2 aromatic carbocycles. The summed E-state index contributed by atoms with van der Waals surface area (Å²) in [6.07, 6.45) is 1.45. The maximum atomic E-state index is 9.96. The van der Waals surface area contributed by atoms with Crippen molar-refractivity contribution in [2.75, 3.05) is 5.43 Å². The van der Waals surface area contributed by atoms with Crippen LogP contribution >= 0.6 is 11.6 Å². The molecule has 6 nitrogen and oxygen atoms in total. The molecule has 0 bridgehead atoms. The van der Waals surface area contributed by atoms with Gasteiger partial charge in [-0.1, -0.05) is 23.7 Å². The van der Waals surface area contributed by atoms with Crippen molar-refractivity contribution < 1.29 is 9.52 Å². The van der Waals surface area contributed by atoms with Gasteiger partial charge in [0, 0.05) is 16.0 Å². The third kappa shape index (κ3) is 2.77. The monoisotopic (exact) mass is 352 g/mol. The molecule has 0 aliphatic heterocycles. The third-order valence-corrected chi connectivity index (χ3v) is 4.07. The summed E-state index contributed by atoms with van der Waals surface area (Å²) >= 11 is 5.98. The Morgan fingerprint density at radius 2 is 2.04 bits per heavy atom. The predicted molar refractivity (Wildman–Crippen MR) is 98.3 cm³/mol. The Bertz CT molecular complexity index is 1120. The number of nitrogens with zero attached hydrogens (tertiary/aromatic N) is 3. The molecule has 0 aliphatic carbocycles. The van der Waals surface area contributed by atoms with E-state index in [4.69, 9.17) is 16.0 Å². The number of nitrogens with one attached hydrogen (secondary N) is 1. The zero-order valence-corrected chi connectivity index (χ0v) is 13.9. The number of furan rings is 1. The maximum Gasteiger partial charge on any atom is 0.197 e. The first-order chi connectivity index (χ1) is 12.1. The fourth-order valence-corrected chi connectivity index (χ4v) is 2.77. The predicted octanol–water partition coefficient (Wildman–Crippen LogP) is 4.57. The SMILES string of the molecule is C/C(=N\Nc1ncnc2c1oc1ccccc12)c1cc(Cl)ccc1O. The minimum atomic E-state index is 0.101. The van der Waals surface area contributed by atoms with Gasteiger partial charge in [-0.25, -0.2) is 9.97 Å². The van der Waals surface area contributed by atoms with E-state index in [0.717, 1.165) is 11.0 Å². The molecule has 4 rings (SSSR count). The number of phenols is 1. The van der Waals surface area contributed by atoms with Gasteiger partial charge in [0.1, 0.15) is 23.2 Å². The topological polar surface area (TPSA) is 83.5 Å². The number of phenolic OH excluding ortho intramolecular Hbond substituents is 1. The van der Waals surface area contributed by atoms with Crippen molar-refractivity contribution in [2.24, 2.45) is 5.10 Å². The van der Waals surface area contributed by atoms with Crippen LogP contribution in [-0.2, 0) is 0 Å². The molecule has 4 aromatic rings. The zero-order valence-electron chi connectivity index (χ0n) is 13.2. The van der Waals surface area contributed by atoms with Crippen LogP contribution in [0.4, 0.5) is 5.82 Å². The van der Waals surface area contributed by atoms with Gasteiger partial charge in [-0.3, -0.25) is 5.43 Å². The number of benzene rings is 2. The summed E-state index contributed by atoms with van der Waals surface area (Å²) in [6.45, 7) is 1.76. The van der Waals surface area contributed by atoms with Crippen LogP contribution in [0, 0.1) is 0 Å². The molecule has 124 valence electrons. The first kappa shape index (κ1) is 15.4. The summed E-state index contributed by atoms with van der Waals surface area (Å²) in [4.78, 5) is 8.49. The highest BCUT2D eigenvalue weighted by Gasteiger charge is 2.13. The van der Waals surface area contributed by atoms with Crippen LogP contribution in [0.5, 0.6) is 5.75 Å². The van der Waals surface area contributed by atoms with Crippen molar-refractivity contribution >= 4 is 45.2 Å². The number of fused-ring (bicyclic) bond motifs is 3. The van der Waals surface area contributed by atoms with Gasteiger partial charge in [-0.05, 0) is 37.3 Å². The van der Waals surface area contributed by atoms with Crippen molar-refractivity contribution in [3.8, 4) is 5.75 Å². The van der Waals surface area contributed by atoms with Crippen LogP contribution in [0.2, 0.25) is 5.02 Å². The summed E-state index contributed by atoms with van der Waals surface area (Å²) < 4.78 is 5.84. The highest BCUT2D eigenvalue weighted by atomic mass is 35.5. The minimum absolute atomic E-state index is 0.101. The van der Waals surface area contributed by atoms with Gasteiger partial charge < -0.3 is 9.52 Å². The first-order valence-corrected chi connectivity index (χ1v) is 7.93. The largest absolute Gasteiger partial charge is 0.507 e. The molecule has 7 heteroatoms. The highest BCUT2D eigenvalue weighted by molar-refractivity contribution is 6.31. The molecule has 0 amide bonds. The Kier molecular flexibility index (Phi) is 3.74. The number of para-hydroxylation sites is 1. The van der Waals surface area contributed by atoms with Crippen LogP contribution in [-0.4, -0.2) is 20.8 Å². The van der Waals surface area contributed by atoms with Gasteiger partial charge in [0.2, 0.25) is 0 Å². The lowest BCUT2D eigenvalue weighted by Crippen LogP contribution is -2.01. The van der Waals surface area contributed by atoms with E-state index in [1.807, 2.05) is 24.3 Å². The number of aromatic nitrogens is 2. The van der Waals surface area contributed by atoms with Gasteiger partial charge in [-0.2, -0.15) is 5.10 Å². The third-order valence-electron chi connectivity index (χ3n) is 3.84. The summed E-state index contributed by atoms with van der Waals surface area (Å²) in [6, 6.07) is 12.4. The smallest absolute Gasteiger partial charge is 0.197 e. The summed E-state index contributed by atoms with van der Waals surface area (Å²) in [5.74, 6) is 0.547. The molecule has 0 spiro atoms. The van der Waals surface area contributed by atoms with Crippen LogP contribution in [0.15, 0.2) is 58.3 Å². The Balaban J connectivity index is 1.74. The molecule has 0 saturated heterocycles. The number of hydrogen-bond acceptors (Lipinski definition) is 6. The Morgan fingerprint density at radius 1 is 1.20 bits per heavy atom. The molecule has 0 saturated carbocycles. The van der Waals surface area contributed by atoms with Crippen molar-refractivity contribution in [2.45, 2.75) is 6.92 Å². The molecule has 0 unspecified atom stereocenters. The summed E-state index contributed by atoms with van der Waals surface area (Å²) in [5, 5.41) is 15.7. The minimum Gasteiger partial charge on any atom is -0.507 e. The molecule has 0 aliphatic rings. The zero-order chi connectivity index (χ0) is 17.4. The van der Waals surface area contributed by atoms with E-state index in [1.54, 1.807) is 19.1 Å². The van der Waals surface area contributed by atoms with Crippen molar-refractivity contribution in [3.63, 3.8) is 0 Å². The van der Waals surface area contributed by atoms with Gasteiger partial charge >= 0.3 is 0 Å².